The van der Waals surface area contributed by atoms with E-state index in [1.54, 1.807) is 93.6 Å². The van der Waals surface area contributed by atoms with Crippen molar-refractivity contribution in [2.24, 2.45) is 5.92 Å². The highest BCUT2D eigenvalue weighted by Gasteiger charge is 2.64. The number of hydrogen-bond acceptors (Lipinski definition) is 5. The number of ether oxygens (including phenoxy) is 1. The lowest BCUT2D eigenvalue weighted by molar-refractivity contribution is -0.130. The van der Waals surface area contributed by atoms with E-state index < -0.39 is 40.7 Å². The maximum absolute atomic E-state index is 14.5. The summed E-state index contributed by atoms with van der Waals surface area (Å²) < 4.78 is 6.40. The maximum Gasteiger partial charge on any atom is 0.421 e. The van der Waals surface area contributed by atoms with E-state index in [0.29, 0.717) is 22.5 Å². The molecule has 0 spiro atoms. The van der Waals surface area contributed by atoms with Crippen molar-refractivity contribution in [2.75, 3.05) is 9.80 Å². The van der Waals surface area contributed by atoms with Gasteiger partial charge in [0, 0.05) is 10.9 Å². The fourth-order valence-electron chi connectivity index (χ4n) is 5.24. The van der Waals surface area contributed by atoms with Gasteiger partial charge >= 0.3 is 6.09 Å². The molecule has 0 saturated carbocycles. The summed E-state index contributed by atoms with van der Waals surface area (Å²) in [6.45, 7) is 5.16. The molecule has 1 saturated heterocycles. The third kappa shape index (κ3) is 3.96. The lowest BCUT2D eigenvalue weighted by Crippen LogP contribution is -2.51. The van der Waals surface area contributed by atoms with E-state index in [9.17, 15) is 19.2 Å². The van der Waals surface area contributed by atoms with Crippen LogP contribution in [0.2, 0.25) is 0 Å². The van der Waals surface area contributed by atoms with Crippen LogP contribution >= 0.6 is 15.9 Å². The van der Waals surface area contributed by atoms with Gasteiger partial charge in [-0.15, -0.1) is 0 Å². The molecule has 1 fully saturated rings. The molecule has 2 aliphatic rings. The van der Waals surface area contributed by atoms with Crippen LogP contribution < -0.4 is 9.80 Å². The number of benzene rings is 3. The van der Waals surface area contributed by atoms with Crippen LogP contribution in [-0.2, 0) is 24.5 Å². The first-order valence-electron chi connectivity index (χ1n) is 11.9. The Morgan fingerprint density at radius 3 is 2.19 bits per heavy atom. The molecule has 4 amide bonds. The number of amides is 4. The van der Waals surface area contributed by atoms with E-state index in [1.165, 1.54) is 0 Å². The van der Waals surface area contributed by atoms with Crippen molar-refractivity contribution in [3.8, 4) is 0 Å². The van der Waals surface area contributed by atoms with Gasteiger partial charge in [-0.25, -0.2) is 9.69 Å². The zero-order valence-corrected chi connectivity index (χ0v) is 22.2. The number of para-hydroxylation sites is 1. The van der Waals surface area contributed by atoms with Crippen molar-refractivity contribution in [1.29, 1.82) is 0 Å². The second kappa shape index (κ2) is 8.95. The largest absolute Gasteiger partial charge is 0.443 e. The number of carbonyl (C=O) groups excluding carboxylic acids is 4. The van der Waals surface area contributed by atoms with E-state index in [2.05, 4.69) is 15.9 Å². The fourth-order valence-corrected chi connectivity index (χ4v) is 5.51. The van der Waals surface area contributed by atoms with E-state index in [4.69, 9.17) is 4.74 Å². The Morgan fingerprint density at radius 2 is 1.54 bits per heavy atom. The van der Waals surface area contributed by atoms with E-state index >= 15 is 0 Å². The van der Waals surface area contributed by atoms with E-state index in [1.807, 2.05) is 6.07 Å². The second-order valence-electron chi connectivity index (χ2n) is 10.1. The standard InChI is InChI=1S/C29H25BrN2O5/c1-28(2,3)37-27(36)32-23-12-8-7-11-21(23)29(26(32)35,18-9-5-4-6-10-18)22-17-24(33)31(25(22)34)20-15-13-19(30)14-16-20/h4-16,22H,17H2,1-3H3/t22-,29-/m1/s1. The summed E-state index contributed by atoms with van der Waals surface area (Å²) in [4.78, 5) is 57.3. The van der Waals surface area contributed by atoms with Crippen molar-refractivity contribution >= 4 is 51.1 Å². The van der Waals surface area contributed by atoms with Crippen LogP contribution in [0.25, 0.3) is 0 Å². The van der Waals surface area contributed by atoms with Gasteiger partial charge in [-0.2, -0.15) is 0 Å². The van der Waals surface area contributed by atoms with Crippen LogP contribution in [0, 0.1) is 5.92 Å². The maximum atomic E-state index is 14.5. The van der Waals surface area contributed by atoms with Crippen LogP contribution in [0.3, 0.4) is 0 Å². The van der Waals surface area contributed by atoms with Crippen LogP contribution in [0.4, 0.5) is 16.2 Å². The Bertz CT molecular complexity index is 1410. The number of anilines is 2. The van der Waals surface area contributed by atoms with Crippen molar-refractivity contribution in [3.05, 3.63) is 94.5 Å². The summed E-state index contributed by atoms with van der Waals surface area (Å²) in [5, 5.41) is 0. The summed E-state index contributed by atoms with van der Waals surface area (Å²) in [6.07, 6.45) is -1.02. The van der Waals surface area contributed by atoms with Gasteiger partial charge in [0.05, 0.1) is 17.3 Å². The van der Waals surface area contributed by atoms with Crippen molar-refractivity contribution in [3.63, 3.8) is 0 Å². The molecule has 5 rings (SSSR count). The van der Waals surface area contributed by atoms with Crippen LogP contribution in [0.5, 0.6) is 0 Å². The Hall–Kier alpha value is -3.78. The molecule has 2 atom stereocenters. The number of rotatable bonds is 3. The average Bonchev–Trinajstić information content (AvgIpc) is 3.29. The molecular weight excluding hydrogens is 536 g/mol. The predicted molar refractivity (Wildman–Crippen MR) is 142 cm³/mol. The molecule has 2 heterocycles. The Labute approximate surface area is 223 Å². The average molecular weight is 561 g/mol. The monoisotopic (exact) mass is 560 g/mol. The highest BCUT2D eigenvalue weighted by atomic mass is 79.9. The Kier molecular flexibility index (Phi) is 6.02. The number of imide groups is 2. The van der Waals surface area contributed by atoms with Crippen LogP contribution in [0.15, 0.2) is 83.3 Å². The Morgan fingerprint density at radius 1 is 0.919 bits per heavy atom. The summed E-state index contributed by atoms with van der Waals surface area (Å²) >= 11 is 3.37. The number of carbonyl (C=O) groups is 4. The number of nitrogens with zero attached hydrogens (tertiary/aromatic N) is 2. The van der Waals surface area contributed by atoms with Crippen LogP contribution in [0.1, 0.15) is 38.3 Å². The summed E-state index contributed by atoms with van der Waals surface area (Å²) in [7, 11) is 0. The van der Waals surface area contributed by atoms with Crippen LogP contribution in [-0.4, -0.2) is 29.4 Å². The molecule has 3 aromatic carbocycles. The summed E-state index contributed by atoms with van der Waals surface area (Å²) in [5.74, 6) is -2.58. The highest BCUT2D eigenvalue weighted by molar-refractivity contribution is 9.10. The quantitative estimate of drug-likeness (QED) is 0.389. The van der Waals surface area contributed by atoms with Gasteiger partial charge in [0.2, 0.25) is 11.8 Å². The van der Waals surface area contributed by atoms with Gasteiger partial charge in [0.1, 0.15) is 11.0 Å². The van der Waals surface area contributed by atoms with Crippen molar-refractivity contribution in [1.82, 2.24) is 0 Å². The molecule has 0 radical (unpaired) electrons. The van der Waals surface area contributed by atoms with Crippen molar-refractivity contribution in [2.45, 2.75) is 38.2 Å². The molecule has 0 N–H and O–H groups in total. The zero-order valence-electron chi connectivity index (χ0n) is 20.6. The molecular formula is C29H25BrN2O5. The molecule has 3 aromatic rings. The lowest BCUT2D eigenvalue weighted by Gasteiger charge is -2.33. The van der Waals surface area contributed by atoms with Crippen molar-refractivity contribution < 1.29 is 23.9 Å². The smallest absolute Gasteiger partial charge is 0.421 e. The number of fused-ring (bicyclic) bond motifs is 1. The van der Waals surface area contributed by atoms with Gasteiger partial charge in [0.25, 0.3) is 5.91 Å². The molecule has 7 nitrogen and oxygen atoms in total. The van der Waals surface area contributed by atoms with E-state index in [-0.39, 0.29) is 6.42 Å². The van der Waals surface area contributed by atoms with Gasteiger partial charge in [-0.05, 0) is 62.2 Å². The summed E-state index contributed by atoms with van der Waals surface area (Å²) in [5.41, 5.74) is -0.657. The van der Waals surface area contributed by atoms with Gasteiger partial charge < -0.3 is 4.74 Å². The molecule has 2 aliphatic heterocycles. The third-order valence-corrected chi connectivity index (χ3v) is 7.20. The Balaban J connectivity index is 1.71. The van der Waals surface area contributed by atoms with Gasteiger partial charge in [-0.1, -0.05) is 64.5 Å². The molecule has 8 heteroatoms. The minimum Gasteiger partial charge on any atom is -0.443 e. The first kappa shape index (κ1) is 24.9. The normalized spacial score (nSPS) is 21.4. The first-order valence-corrected chi connectivity index (χ1v) is 12.7. The first-order chi connectivity index (χ1) is 17.6. The second-order valence-corrected chi connectivity index (χ2v) is 11.0. The predicted octanol–water partition coefficient (Wildman–Crippen LogP) is 5.60. The minimum absolute atomic E-state index is 0.188. The molecule has 37 heavy (non-hydrogen) atoms. The van der Waals surface area contributed by atoms with Gasteiger partial charge in [-0.3, -0.25) is 19.3 Å². The third-order valence-electron chi connectivity index (χ3n) is 6.67. The zero-order chi connectivity index (χ0) is 26.5. The minimum atomic E-state index is -1.59. The lowest BCUT2D eigenvalue weighted by atomic mass is 9.65. The van der Waals surface area contributed by atoms with E-state index in [0.717, 1.165) is 14.3 Å². The molecule has 0 aliphatic carbocycles. The molecule has 0 unspecified atom stereocenters. The van der Waals surface area contributed by atoms with Gasteiger partial charge in [0.15, 0.2) is 0 Å². The fraction of sp³-hybridized carbons (Fsp3) is 0.241. The summed E-state index contributed by atoms with van der Waals surface area (Å²) in [6, 6.07) is 22.6. The molecule has 0 bridgehead atoms. The molecule has 188 valence electrons. The number of hydrogen-bond donors (Lipinski definition) is 0. The highest BCUT2D eigenvalue weighted by Crippen LogP contribution is 2.54. The topological polar surface area (TPSA) is 84.0 Å². The number of halogens is 1. The SMILES string of the molecule is CC(C)(C)OC(=O)N1C(=O)[C@@](c2ccccc2)([C@@H]2CC(=O)N(c3ccc(Br)cc3)C2=O)c2ccccc21. The molecule has 0 aromatic heterocycles.